The molecule has 1 unspecified atom stereocenters. The lowest BCUT2D eigenvalue weighted by Crippen LogP contribution is -2.21. The Kier molecular flexibility index (Phi) is 4.06. The van der Waals surface area contributed by atoms with Crippen LogP contribution in [0.15, 0.2) is 23.6 Å². The lowest BCUT2D eigenvalue weighted by Gasteiger charge is -2.17. The fourth-order valence-corrected chi connectivity index (χ4v) is 2.80. The molecule has 3 N–H and O–H groups in total. The second kappa shape index (κ2) is 5.60. The molecule has 0 aliphatic rings. The van der Waals surface area contributed by atoms with Gasteiger partial charge in [-0.2, -0.15) is 0 Å². The number of nitrogens with two attached hydrogens (primary N) is 1. The zero-order valence-electron chi connectivity index (χ0n) is 11.6. The van der Waals surface area contributed by atoms with E-state index in [0.29, 0.717) is 5.69 Å². The van der Waals surface area contributed by atoms with Gasteiger partial charge >= 0.3 is 5.97 Å². The van der Waals surface area contributed by atoms with E-state index in [4.69, 9.17) is 10.8 Å². The molecular weight excluding hydrogens is 274 g/mol. The number of carbonyl (C=O) groups is 1. The normalized spacial score (nSPS) is 12.2. The van der Waals surface area contributed by atoms with Gasteiger partial charge in [0.25, 0.3) is 0 Å². The summed E-state index contributed by atoms with van der Waals surface area (Å²) in [6.07, 6.45) is 0. The van der Waals surface area contributed by atoms with Gasteiger partial charge in [0.1, 0.15) is 6.04 Å². The lowest BCUT2D eigenvalue weighted by molar-refractivity contribution is -0.138. The van der Waals surface area contributed by atoms with Crippen LogP contribution in [0.1, 0.15) is 22.9 Å². The number of hydrogen-bond acceptors (Lipinski definition) is 5. The van der Waals surface area contributed by atoms with Crippen molar-refractivity contribution in [3.8, 4) is 0 Å². The third-order valence-corrected chi connectivity index (χ3v) is 3.91. The summed E-state index contributed by atoms with van der Waals surface area (Å²) < 4.78 is 0. The van der Waals surface area contributed by atoms with Gasteiger partial charge in [-0.05, 0) is 37.1 Å². The maximum atomic E-state index is 10.9. The van der Waals surface area contributed by atoms with Crippen molar-refractivity contribution in [3.63, 3.8) is 0 Å². The Morgan fingerprint density at radius 3 is 2.50 bits per heavy atom. The topological polar surface area (TPSA) is 79.5 Å². The third kappa shape index (κ3) is 2.97. The number of aliphatic carboxylic acids is 1. The minimum absolute atomic E-state index is 0.383. The Bertz CT molecular complexity index is 619. The van der Waals surface area contributed by atoms with Crippen molar-refractivity contribution < 1.29 is 9.90 Å². The molecule has 1 atom stereocenters. The molecule has 0 fully saturated rings. The molecule has 2 aromatic rings. The summed E-state index contributed by atoms with van der Waals surface area (Å²) in [5, 5.41) is 11.3. The number of anilines is 2. The maximum absolute atomic E-state index is 10.9. The molecule has 5 nitrogen and oxygen atoms in total. The van der Waals surface area contributed by atoms with E-state index < -0.39 is 12.0 Å². The molecule has 0 saturated heterocycles. The van der Waals surface area contributed by atoms with Crippen LogP contribution in [-0.2, 0) is 4.79 Å². The Morgan fingerprint density at radius 1 is 1.35 bits per heavy atom. The minimum atomic E-state index is -1.08. The highest BCUT2D eigenvalue weighted by atomic mass is 32.1. The number of thiazole rings is 1. The molecule has 2 rings (SSSR count). The van der Waals surface area contributed by atoms with Gasteiger partial charge in [-0.15, -0.1) is 11.3 Å². The van der Waals surface area contributed by atoms with Crippen LogP contribution in [0.2, 0.25) is 0 Å². The predicted molar refractivity (Wildman–Crippen MR) is 80.7 cm³/mol. The van der Waals surface area contributed by atoms with E-state index >= 15 is 0 Å². The summed E-state index contributed by atoms with van der Waals surface area (Å²) in [5.41, 5.74) is 9.31. The van der Waals surface area contributed by atoms with Gasteiger partial charge in [-0.25, -0.2) is 4.98 Å². The summed E-state index contributed by atoms with van der Waals surface area (Å²) in [7, 11) is 1.91. The third-order valence-electron chi connectivity index (χ3n) is 2.98. The fraction of sp³-hybridized carbons (Fsp3) is 0.286. The smallest absolute Gasteiger partial charge is 0.326 e. The summed E-state index contributed by atoms with van der Waals surface area (Å²) in [6, 6.07) is 5.15. The Labute approximate surface area is 121 Å². The number of benzene rings is 1. The van der Waals surface area contributed by atoms with E-state index in [1.54, 1.807) is 5.38 Å². The first-order valence-corrected chi connectivity index (χ1v) is 7.02. The van der Waals surface area contributed by atoms with Crippen LogP contribution in [0.4, 0.5) is 10.8 Å². The van der Waals surface area contributed by atoms with Crippen molar-refractivity contribution in [2.45, 2.75) is 19.9 Å². The van der Waals surface area contributed by atoms with Gasteiger partial charge in [0.15, 0.2) is 5.13 Å². The highest BCUT2D eigenvalue weighted by molar-refractivity contribution is 7.13. The fourth-order valence-electron chi connectivity index (χ4n) is 1.95. The molecule has 0 saturated carbocycles. The van der Waals surface area contributed by atoms with Gasteiger partial charge in [-0.3, -0.25) is 4.79 Å². The first-order valence-electron chi connectivity index (χ1n) is 6.14. The Hall–Kier alpha value is -1.92. The van der Waals surface area contributed by atoms with E-state index in [1.165, 1.54) is 22.5 Å². The highest BCUT2D eigenvalue weighted by Crippen LogP contribution is 2.29. The zero-order valence-corrected chi connectivity index (χ0v) is 12.4. The minimum Gasteiger partial charge on any atom is -0.480 e. The molecule has 0 aliphatic heterocycles. The van der Waals surface area contributed by atoms with Crippen molar-refractivity contribution in [1.29, 1.82) is 0 Å². The number of aryl methyl sites for hydroxylation is 2. The lowest BCUT2D eigenvalue weighted by atomic mass is 10.1. The van der Waals surface area contributed by atoms with Gasteiger partial charge < -0.3 is 15.7 Å². The summed E-state index contributed by atoms with van der Waals surface area (Å²) in [5.74, 6) is -1.07. The Balaban J connectivity index is 2.29. The average Bonchev–Trinajstić information content (AvgIpc) is 2.85. The van der Waals surface area contributed by atoms with Crippen LogP contribution in [0.5, 0.6) is 0 Å². The van der Waals surface area contributed by atoms with Crippen LogP contribution >= 0.6 is 11.3 Å². The second-order valence-corrected chi connectivity index (χ2v) is 5.61. The molecule has 0 bridgehead atoms. The van der Waals surface area contributed by atoms with Crippen LogP contribution in [0.25, 0.3) is 0 Å². The van der Waals surface area contributed by atoms with Crippen LogP contribution < -0.4 is 10.6 Å². The van der Waals surface area contributed by atoms with Crippen LogP contribution in [0, 0.1) is 13.8 Å². The first kappa shape index (κ1) is 14.5. The van der Waals surface area contributed by atoms with Crippen LogP contribution in [0.3, 0.4) is 0 Å². The molecule has 1 aromatic heterocycles. The summed E-state index contributed by atoms with van der Waals surface area (Å²) in [4.78, 5) is 17.1. The zero-order chi connectivity index (χ0) is 14.9. The molecule has 0 spiro atoms. The molecular formula is C14H17N3O2S. The van der Waals surface area contributed by atoms with E-state index in [0.717, 1.165) is 10.8 Å². The van der Waals surface area contributed by atoms with Crippen molar-refractivity contribution in [3.05, 3.63) is 40.4 Å². The number of carboxylic acid groups (broad SMARTS) is 1. The monoisotopic (exact) mass is 291 g/mol. The summed E-state index contributed by atoms with van der Waals surface area (Å²) >= 11 is 1.38. The molecule has 0 aliphatic carbocycles. The number of nitrogens with zero attached hydrogens (tertiary/aromatic N) is 2. The Morgan fingerprint density at radius 2 is 1.95 bits per heavy atom. The van der Waals surface area contributed by atoms with Crippen LogP contribution in [-0.4, -0.2) is 23.1 Å². The maximum Gasteiger partial charge on any atom is 0.326 e. The number of aromatic nitrogens is 1. The SMILES string of the molecule is Cc1cc(C)cc(N(C)c2nc(C(N)C(=O)O)cs2)c1. The van der Waals surface area contributed by atoms with E-state index in [1.807, 2.05) is 25.8 Å². The van der Waals surface area contributed by atoms with E-state index in [9.17, 15) is 4.79 Å². The second-order valence-electron chi connectivity index (χ2n) is 4.78. The first-order chi connectivity index (χ1) is 9.38. The van der Waals surface area contributed by atoms with Gasteiger partial charge in [0, 0.05) is 18.1 Å². The number of carboxylic acids is 1. The number of rotatable bonds is 4. The molecule has 1 aromatic carbocycles. The summed E-state index contributed by atoms with van der Waals surface area (Å²) in [6.45, 7) is 4.08. The average molecular weight is 291 g/mol. The van der Waals surface area contributed by atoms with E-state index in [2.05, 4.69) is 23.2 Å². The van der Waals surface area contributed by atoms with Gasteiger partial charge in [-0.1, -0.05) is 6.07 Å². The van der Waals surface area contributed by atoms with Gasteiger partial charge in [0.05, 0.1) is 5.69 Å². The molecule has 0 radical (unpaired) electrons. The standard InChI is InChI=1S/C14H17N3O2S/c1-8-4-9(2)6-10(5-8)17(3)14-16-11(7-20-14)12(15)13(18)19/h4-7,12H,15H2,1-3H3,(H,18,19). The van der Waals surface area contributed by atoms with Gasteiger partial charge in [0.2, 0.25) is 0 Å². The highest BCUT2D eigenvalue weighted by Gasteiger charge is 2.19. The van der Waals surface area contributed by atoms with E-state index in [-0.39, 0.29) is 0 Å². The largest absolute Gasteiger partial charge is 0.480 e. The molecule has 20 heavy (non-hydrogen) atoms. The molecule has 1 heterocycles. The van der Waals surface area contributed by atoms with Crippen molar-refractivity contribution in [2.75, 3.05) is 11.9 Å². The molecule has 6 heteroatoms. The predicted octanol–water partition coefficient (Wildman–Crippen LogP) is 2.61. The van der Waals surface area contributed by atoms with Crippen molar-refractivity contribution in [2.24, 2.45) is 5.73 Å². The molecule has 0 amide bonds. The quantitative estimate of drug-likeness (QED) is 0.905. The van der Waals surface area contributed by atoms with Crippen molar-refractivity contribution >= 4 is 28.1 Å². The molecule has 106 valence electrons. The van der Waals surface area contributed by atoms with Crippen molar-refractivity contribution in [1.82, 2.24) is 4.98 Å². The number of hydrogen-bond donors (Lipinski definition) is 2.